The molecule has 1 aromatic carbocycles. The number of methoxy groups -OCH3 is 3. The summed E-state index contributed by atoms with van der Waals surface area (Å²) in [5.74, 6) is 2.27. The lowest BCUT2D eigenvalue weighted by atomic mass is 10.0. The summed E-state index contributed by atoms with van der Waals surface area (Å²) >= 11 is 0. The number of carbonyl (C=O) groups is 1. The molecule has 0 radical (unpaired) electrons. The van der Waals surface area contributed by atoms with Crippen LogP contribution in [0.2, 0.25) is 0 Å². The number of ether oxygens (including phenoxy) is 3. The van der Waals surface area contributed by atoms with E-state index in [2.05, 4.69) is 0 Å². The highest BCUT2D eigenvalue weighted by Crippen LogP contribution is 2.40. The summed E-state index contributed by atoms with van der Waals surface area (Å²) in [7, 11) is 4.64. The van der Waals surface area contributed by atoms with Gasteiger partial charge in [-0.2, -0.15) is 0 Å². The van der Waals surface area contributed by atoms with Crippen molar-refractivity contribution in [3.8, 4) is 17.2 Å². The van der Waals surface area contributed by atoms with Crippen molar-refractivity contribution in [2.24, 2.45) is 5.92 Å². The maximum absolute atomic E-state index is 12.1. The molecule has 0 heterocycles. The first kappa shape index (κ1) is 12.7. The van der Waals surface area contributed by atoms with E-state index >= 15 is 0 Å². The number of hydrogen-bond acceptors (Lipinski definition) is 4. The number of Topliss-reactive ketones (excluding diaryl/α,β-unsaturated/α-hetero) is 1. The van der Waals surface area contributed by atoms with Crippen LogP contribution in [0.1, 0.15) is 29.6 Å². The minimum absolute atomic E-state index is 0.136. The van der Waals surface area contributed by atoms with Gasteiger partial charge in [-0.25, -0.2) is 0 Å². The molecule has 4 heteroatoms. The second-order valence-electron chi connectivity index (χ2n) is 4.48. The van der Waals surface area contributed by atoms with Gasteiger partial charge in [-0.15, -0.1) is 0 Å². The number of carbonyl (C=O) groups excluding carboxylic acids is 1. The van der Waals surface area contributed by atoms with E-state index in [1.165, 1.54) is 0 Å². The normalized spacial score (nSPS) is 14.2. The predicted octanol–water partition coefficient (Wildman–Crippen LogP) is 2.70. The third-order valence-electron chi connectivity index (χ3n) is 3.16. The van der Waals surface area contributed by atoms with Gasteiger partial charge in [0.1, 0.15) is 0 Å². The molecule has 0 saturated heterocycles. The maximum atomic E-state index is 12.1. The van der Waals surface area contributed by atoms with Crippen LogP contribution in [0, 0.1) is 5.92 Å². The molecular weight excluding hydrogens is 232 g/mol. The van der Waals surface area contributed by atoms with Gasteiger partial charge in [0.25, 0.3) is 0 Å². The van der Waals surface area contributed by atoms with E-state index in [4.69, 9.17) is 14.2 Å². The monoisotopic (exact) mass is 250 g/mol. The highest BCUT2D eigenvalue weighted by atomic mass is 16.5. The fourth-order valence-corrected chi connectivity index (χ4v) is 1.94. The van der Waals surface area contributed by atoms with Gasteiger partial charge in [0.15, 0.2) is 17.3 Å². The molecule has 0 unspecified atom stereocenters. The lowest BCUT2D eigenvalue weighted by Gasteiger charge is -2.13. The molecule has 0 aliphatic heterocycles. The van der Waals surface area contributed by atoms with E-state index in [-0.39, 0.29) is 5.78 Å². The molecule has 0 aromatic heterocycles. The lowest BCUT2D eigenvalue weighted by Crippen LogP contribution is -2.03. The minimum Gasteiger partial charge on any atom is -0.493 e. The quantitative estimate of drug-likeness (QED) is 0.728. The van der Waals surface area contributed by atoms with Crippen molar-refractivity contribution >= 4 is 5.78 Å². The molecule has 1 aliphatic rings. The van der Waals surface area contributed by atoms with E-state index in [1.54, 1.807) is 33.5 Å². The van der Waals surface area contributed by atoms with Crippen molar-refractivity contribution in [1.29, 1.82) is 0 Å². The average Bonchev–Trinajstić information content (AvgIpc) is 3.20. The molecule has 98 valence electrons. The summed E-state index contributed by atoms with van der Waals surface area (Å²) in [5.41, 5.74) is 0.622. The van der Waals surface area contributed by atoms with Crippen molar-refractivity contribution in [3.63, 3.8) is 0 Å². The van der Waals surface area contributed by atoms with Crippen molar-refractivity contribution in [2.75, 3.05) is 21.3 Å². The first-order chi connectivity index (χ1) is 8.69. The third-order valence-corrected chi connectivity index (χ3v) is 3.16. The van der Waals surface area contributed by atoms with Gasteiger partial charge < -0.3 is 14.2 Å². The van der Waals surface area contributed by atoms with E-state index in [0.29, 0.717) is 35.2 Å². The Morgan fingerprint density at radius 2 is 1.67 bits per heavy atom. The highest BCUT2D eigenvalue weighted by Gasteiger charge is 2.26. The smallest absolute Gasteiger partial charge is 0.203 e. The van der Waals surface area contributed by atoms with Gasteiger partial charge >= 0.3 is 0 Å². The molecule has 1 saturated carbocycles. The summed E-state index contributed by atoms with van der Waals surface area (Å²) in [6.07, 6.45) is 2.94. The first-order valence-corrected chi connectivity index (χ1v) is 6.02. The molecule has 1 aliphatic carbocycles. The molecule has 2 rings (SSSR count). The van der Waals surface area contributed by atoms with Crippen LogP contribution in [-0.2, 0) is 0 Å². The van der Waals surface area contributed by atoms with Gasteiger partial charge in [0.05, 0.1) is 21.3 Å². The molecule has 4 nitrogen and oxygen atoms in total. The van der Waals surface area contributed by atoms with E-state index in [0.717, 1.165) is 12.8 Å². The van der Waals surface area contributed by atoms with Crippen LogP contribution in [0.25, 0.3) is 0 Å². The maximum Gasteiger partial charge on any atom is 0.203 e. The Bertz CT molecular complexity index is 424. The van der Waals surface area contributed by atoms with Gasteiger partial charge in [0.2, 0.25) is 5.75 Å². The van der Waals surface area contributed by atoms with Crippen LogP contribution in [0.15, 0.2) is 12.1 Å². The SMILES string of the molecule is COc1cc(C(=O)CC2CC2)cc(OC)c1OC. The average molecular weight is 250 g/mol. The van der Waals surface area contributed by atoms with Crippen LogP contribution in [0.5, 0.6) is 17.2 Å². The van der Waals surface area contributed by atoms with Gasteiger partial charge in [0, 0.05) is 12.0 Å². The number of benzene rings is 1. The zero-order valence-corrected chi connectivity index (χ0v) is 11.0. The van der Waals surface area contributed by atoms with Crippen LogP contribution in [-0.4, -0.2) is 27.1 Å². The lowest BCUT2D eigenvalue weighted by molar-refractivity contribution is 0.0975. The van der Waals surface area contributed by atoms with Crippen LogP contribution < -0.4 is 14.2 Å². The highest BCUT2D eigenvalue weighted by molar-refractivity contribution is 5.97. The standard InChI is InChI=1S/C14H18O4/c1-16-12-7-10(11(15)6-9-4-5-9)8-13(17-2)14(12)18-3/h7-9H,4-6H2,1-3H3. The topological polar surface area (TPSA) is 44.8 Å². The largest absolute Gasteiger partial charge is 0.493 e. The summed E-state index contributed by atoms with van der Waals surface area (Å²) in [6.45, 7) is 0. The van der Waals surface area contributed by atoms with Gasteiger partial charge in [-0.1, -0.05) is 0 Å². The summed E-state index contributed by atoms with van der Waals surface area (Å²) in [6, 6.07) is 3.43. The Morgan fingerprint density at radius 1 is 1.11 bits per heavy atom. The van der Waals surface area contributed by atoms with Crippen molar-refractivity contribution in [1.82, 2.24) is 0 Å². The Labute approximate surface area is 107 Å². The Balaban J connectivity index is 2.32. The summed E-state index contributed by atoms with van der Waals surface area (Å²) < 4.78 is 15.7. The molecule has 0 amide bonds. The van der Waals surface area contributed by atoms with E-state index in [9.17, 15) is 4.79 Å². The van der Waals surface area contributed by atoms with Crippen molar-refractivity contribution in [3.05, 3.63) is 17.7 Å². The minimum atomic E-state index is 0.136. The first-order valence-electron chi connectivity index (χ1n) is 6.02. The van der Waals surface area contributed by atoms with Crippen LogP contribution in [0.3, 0.4) is 0 Å². The fourth-order valence-electron chi connectivity index (χ4n) is 1.94. The Morgan fingerprint density at radius 3 is 2.06 bits per heavy atom. The predicted molar refractivity (Wildman–Crippen MR) is 67.8 cm³/mol. The second kappa shape index (κ2) is 5.29. The fraction of sp³-hybridized carbons (Fsp3) is 0.500. The van der Waals surface area contributed by atoms with Crippen molar-refractivity contribution < 1.29 is 19.0 Å². The van der Waals surface area contributed by atoms with Gasteiger partial charge in [-0.3, -0.25) is 4.79 Å². The van der Waals surface area contributed by atoms with Crippen LogP contribution in [0.4, 0.5) is 0 Å². The third kappa shape index (κ3) is 2.58. The van der Waals surface area contributed by atoms with Crippen molar-refractivity contribution in [2.45, 2.75) is 19.3 Å². The molecule has 0 bridgehead atoms. The molecule has 0 N–H and O–H groups in total. The molecule has 1 aromatic rings. The molecule has 18 heavy (non-hydrogen) atoms. The second-order valence-corrected chi connectivity index (χ2v) is 4.48. The number of hydrogen-bond donors (Lipinski definition) is 0. The summed E-state index contributed by atoms with van der Waals surface area (Å²) in [5, 5.41) is 0. The zero-order chi connectivity index (χ0) is 13.1. The molecular formula is C14H18O4. The van der Waals surface area contributed by atoms with Crippen LogP contribution >= 0.6 is 0 Å². The molecule has 1 fully saturated rings. The number of rotatable bonds is 6. The molecule has 0 spiro atoms. The van der Waals surface area contributed by atoms with E-state index < -0.39 is 0 Å². The van der Waals surface area contributed by atoms with E-state index in [1.807, 2.05) is 0 Å². The van der Waals surface area contributed by atoms with Gasteiger partial charge in [-0.05, 0) is 30.9 Å². The Hall–Kier alpha value is -1.71. The Kier molecular flexibility index (Phi) is 3.75. The summed E-state index contributed by atoms with van der Waals surface area (Å²) in [4.78, 5) is 12.1. The zero-order valence-electron chi connectivity index (χ0n) is 11.0. The number of ketones is 1. The molecule has 0 atom stereocenters.